The Labute approximate surface area is 284 Å². The highest BCUT2D eigenvalue weighted by Crippen LogP contribution is 2.37. The number of benzene rings is 3. The number of carbonyl (C=O) groups excluding carboxylic acids is 3. The van der Waals surface area contributed by atoms with E-state index in [1.165, 1.54) is 5.56 Å². The van der Waals surface area contributed by atoms with Gasteiger partial charge >= 0.3 is 0 Å². The minimum atomic E-state index is -0.194. The molecule has 0 saturated heterocycles. The summed E-state index contributed by atoms with van der Waals surface area (Å²) in [6.45, 7) is 5.43. The molecule has 2 aliphatic heterocycles. The lowest BCUT2D eigenvalue weighted by atomic mass is 9.92. The minimum Gasteiger partial charge on any atom is -0.508 e. The van der Waals surface area contributed by atoms with Crippen molar-refractivity contribution in [1.29, 1.82) is 0 Å². The van der Waals surface area contributed by atoms with Crippen molar-refractivity contribution in [1.82, 2.24) is 14.4 Å². The van der Waals surface area contributed by atoms with E-state index in [0.717, 1.165) is 45.6 Å². The molecule has 8 nitrogen and oxygen atoms in total. The molecule has 3 amide bonds. The molecular weight excluding hydrogens is 621 g/mol. The molecule has 0 spiro atoms. The maximum atomic E-state index is 14.6. The van der Waals surface area contributed by atoms with Crippen LogP contribution in [-0.4, -0.2) is 50.3 Å². The van der Waals surface area contributed by atoms with E-state index in [9.17, 15) is 19.5 Å². The zero-order valence-corrected chi connectivity index (χ0v) is 28.4. The van der Waals surface area contributed by atoms with Gasteiger partial charge in [-0.15, -0.1) is 0 Å². The first-order chi connectivity index (χ1) is 23.1. The van der Waals surface area contributed by atoms with Crippen LogP contribution in [0.15, 0.2) is 83.6 Å². The molecule has 244 valence electrons. The Balaban J connectivity index is 1.28. The van der Waals surface area contributed by atoms with Crippen LogP contribution in [0.5, 0.6) is 5.75 Å². The summed E-state index contributed by atoms with van der Waals surface area (Å²) in [5.74, 6) is -0.0729. The summed E-state index contributed by atoms with van der Waals surface area (Å²) >= 11 is 1.58. The third-order valence-corrected chi connectivity index (χ3v) is 10.7. The van der Waals surface area contributed by atoms with Gasteiger partial charge in [0.2, 0.25) is 5.91 Å². The predicted octanol–water partition coefficient (Wildman–Crippen LogP) is 6.72. The molecule has 9 heteroatoms. The number of aromatic nitrogens is 1. The first kappa shape index (κ1) is 31.4. The van der Waals surface area contributed by atoms with Gasteiger partial charge in [0.05, 0.1) is 12.0 Å². The van der Waals surface area contributed by atoms with Gasteiger partial charge in [0.25, 0.3) is 11.8 Å². The van der Waals surface area contributed by atoms with Crippen molar-refractivity contribution in [2.75, 3.05) is 11.9 Å². The van der Waals surface area contributed by atoms with Crippen molar-refractivity contribution < 1.29 is 19.5 Å². The number of carbonyl (C=O) groups is 3. The smallest absolute Gasteiger partial charge is 0.259 e. The van der Waals surface area contributed by atoms with Crippen molar-refractivity contribution in [3.8, 4) is 17.0 Å². The molecule has 0 fully saturated rings. The quantitative estimate of drug-likeness (QED) is 0.220. The highest BCUT2D eigenvalue weighted by molar-refractivity contribution is 7.08. The monoisotopic (exact) mass is 658 g/mol. The van der Waals surface area contributed by atoms with Gasteiger partial charge < -0.3 is 24.4 Å². The molecule has 4 heterocycles. The van der Waals surface area contributed by atoms with Crippen LogP contribution in [0.3, 0.4) is 0 Å². The Morgan fingerprint density at radius 3 is 2.31 bits per heavy atom. The normalized spacial score (nSPS) is 15.3. The largest absolute Gasteiger partial charge is 0.508 e. The molecule has 0 saturated carbocycles. The average Bonchev–Trinajstić information content (AvgIpc) is 3.83. The molecule has 2 aromatic heterocycles. The van der Waals surface area contributed by atoms with Gasteiger partial charge in [-0.1, -0.05) is 24.3 Å². The molecule has 0 bridgehead atoms. The summed E-state index contributed by atoms with van der Waals surface area (Å²) in [4.78, 5) is 47.2. The average molecular weight is 659 g/mol. The Hall–Kier alpha value is -5.15. The van der Waals surface area contributed by atoms with E-state index < -0.39 is 0 Å². The number of hydrogen-bond acceptors (Lipinski definition) is 5. The Bertz CT molecular complexity index is 2050. The Morgan fingerprint density at radius 2 is 1.60 bits per heavy atom. The number of amides is 3. The van der Waals surface area contributed by atoms with Crippen molar-refractivity contribution in [2.45, 2.75) is 52.4 Å². The van der Waals surface area contributed by atoms with Crippen molar-refractivity contribution in [3.05, 3.63) is 128 Å². The maximum Gasteiger partial charge on any atom is 0.259 e. The third-order valence-electron chi connectivity index (χ3n) is 9.93. The number of nitrogens with zero attached hydrogens (tertiary/aromatic N) is 4. The zero-order chi connectivity index (χ0) is 33.7. The van der Waals surface area contributed by atoms with Gasteiger partial charge in [-0.2, -0.15) is 11.3 Å². The summed E-state index contributed by atoms with van der Waals surface area (Å²) in [6, 6.07) is 22.7. The number of aromatic hydroxyl groups is 1. The van der Waals surface area contributed by atoms with E-state index in [2.05, 4.69) is 25.1 Å². The van der Waals surface area contributed by atoms with Crippen LogP contribution in [-0.2, 0) is 44.3 Å². The number of phenolic OH excluding ortho intramolecular Hbond substituents is 1. The summed E-state index contributed by atoms with van der Waals surface area (Å²) in [5.41, 5.74) is 9.42. The maximum absolute atomic E-state index is 14.6. The van der Waals surface area contributed by atoms with Gasteiger partial charge in [0.15, 0.2) is 0 Å². The molecular formula is C39H38N4O4S. The molecule has 48 heavy (non-hydrogen) atoms. The molecule has 7 rings (SSSR count). The fraction of sp³-hybridized carbons (Fsp3) is 0.256. The third kappa shape index (κ3) is 5.68. The summed E-state index contributed by atoms with van der Waals surface area (Å²) < 4.78 is 1.97. The van der Waals surface area contributed by atoms with Crippen molar-refractivity contribution >= 4 is 34.7 Å². The molecule has 5 aromatic rings. The Kier molecular flexibility index (Phi) is 8.17. The van der Waals surface area contributed by atoms with Gasteiger partial charge in [-0.25, -0.2) is 0 Å². The first-order valence-electron chi connectivity index (χ1n) is 16.1. The zero-order valence-electron chi connectivity index (χ0n) is 27.6. The van der Waals surface area contributed by atoms with Crippen LogP contribution in [0.1, 0.15) is 61.2 Å². The number of hydrogen-bond donors (Lipinski definition) is 1. The molecule has 0 radical (unpaired) electrons. The molecule has 2 aliphatic rings. The van der Waals surface area contributed by atoms with E-state index in [-0.39, 0.29) is 29.5 Å². The molecule has 0 aliphatic carbocycles. The van der Waals surface area contributed by atoms with E-state index in [1.54, 1.807) is 47.5 Å². The van der Waals surface area contributed by atoms with Crippen LogP contribution in [0, 0.1) is 6.92 Å². The lowest BCUT2D eigenvalue weighted by molar-refractivity contribution is -0.131. The summed E-state index contributed by atoms with van der Waals surface area (Å²) in [6.07, 6.45) is 1.12. The number of rotatable bonds is 6. The van der Waals surface area contributed by atoms with Crippen LogP contribution < -0.4 is 4.90 Å². The van der Waals surface area contributed by atoms with E-state index in [4.69, 9.17) is 0 Å². The van der Waals surface area contributed by atoms with Crippen LogP contribution in [0.2, 0.25) is 0 Å². The highest BCUT2D eigenvalue weighted by Gasteiger charge is 2.33. The SMILES string of the molecule is Cc1c(C(=O)N(C)c2ccc(O)cc2)cc(-c2cc3c(cc2C(=O)N2Cc4ccccc4C[C@H]2C)CN(C(=O)Cc2ccsc2)C3)n1C. The highest BCUT2D eigenvalue weighted by atomic mass is 32.1. The second-order valence-electron chi connectivity index (χ2n) is 12.9. The van der Waals surface area contributed by atoms with Crippen LogP contribution in [0.25, 0.3) is 11.3 Å². The Morgan fingerprint density at radius 1 is 0.896 bits per heavy atom. The topological polar surface area (TPSA) is 86.1 Å². The number of anilines is 1. The van der Waals surface area contributed by atoms with Gasteiger partial charge in [0, 0.05) is 68.0 Å². The van der Waals surface area contributed by atoms with Crippen molar-refractivity contribution in [3.63, 3.8) is 0 Å². The summed E-state index contributed by atoms with van der Waals surface area (Å²) in [5, 5.41) is 13.7. The predicted molar refractivity (Wildman–Crippen MR) is 188 cm³/mol. The second kappa shape index (κ2) is 12.5. The number of phenols is 1. The van der Waals surface area contributed by atoms with E-state index in [1.807, 2.05) is 69.4 Å². The number of fused-ring (bicyclic) bond motifs is 2. The molecule has 1 atom stereocenters. The van der Waals surface area contributed by atoms with E-state index in [0.29, 0.717) is 42.9 Å². The molecule has 0 unspecified atom stereocenters. The fourth-order valence-electron chi connectivity index (χ4n) is 6.95. The summed E-state index contributed by atoms with van der Waals surface area (Å²) in [7, 11) is 3.63. The van der Waals surface area contributed by atoms with Gasteiger partial charge in [-0.3, -0.25) is 14.4 Å². The van der Waals surface area contributed by atoms with E-state index >= 15 is 0 Å². The molecule has 3 aromatic carbocycles. The lowest BCUT2D eigenvalue weighted by Crippen LogP contribution is -2.42. The minimum absolute atomic E-state index is 0.00318. The second-order valence-corrected chi connectivity index (χ2v) is 13.7. The van der Waals surface area contributed by atoms with Gasteiger partial charge in [-0.05, 0) is 107 Å². The lowest BCUT2D eigenvalue weighted by Gasteiger charge is -2.35. The molecule has 1 N–H and O–H groups in total. The van der Waals surface area contributed by atoms with Crippen molar-refractivity contribution in [2.24, 2.45) is 7.05 Å². The van der Waals surface area contributed by atoms with Crippen LogP contribution in [0.4, 0.5) is 5.69 Å². The first-order valence-corrected chi connectivity index (χ1v) is 17.1. The van der Waals surface area contributed by atoms with Gasteiger partial charge in [0.1, 0.15) is 5.75 Å². The standard InChI is InChI=1S/C39H38N4O4S/c1-24-15-27-7-5-6-8-28(27)22-43(24)39(47)35-18-30-21-42(37(45)16-26-13-14-48-23-26)20-29(30)17-34(35)36-19-33(25(2)40(36)3)38(46)41(4)31-9-11-32(44)12-10-31/h5-14,17-19,23-24,44H,15-16,20-22H2,1-4H3/t24-/m1/s1. The van der Waals surface area contributed by atoms with Crippen LogP contribution >= 0.6 is 11.3 Å². The fourth-order valence-corrected chi connectivity index (χ4v) is 7.62. The number of thiophene rings is 1.